The van der Waals surface area contributed by atoms with E-state index in [0.717, 1.165) is 24.7 Å². The Kier molecular flexibility index (Phi) is 6.06. The normalized spacial score (nSPS) is 19.6. The SMILES string of the molecule is Cn1cccc1[C@@H]1CCCCCN1C(=S)NCC[NH+](C)C. The highest BCUT2D eigenvalue weighted by Crippen LogP contribution is 2.30. The van der Waals surface area contributed by atoms with Gasteiger partial charge in [-0.15, -0.1) is 0 Å². The zero-order chi connectivity index (χ0) is 15.2. The fourth-order valence-electron chi connectivity index (χ4n) is 3.00. The van der Waals surface area contributed by atoms with Crippen LogP contribution in [-0.2, 0) is 7.05 Å². The molecule has 0 amide bonds. The van der Waals surface area contributed by atoms with Crippen LogP contribution in [0.1, 0.15) is 37.4 Å². The number of likely N-dealkylation sites (tertiary alicyclic amines) is 1. The molecule has 1 saturated heterocycles. The number of nitrogens with one attached hydrogen (secondary N) is 2. The minimum Gasteiger partial charge on any atom is -0.357 e. The van der Waals surface area contributed by atoms with Crippen molar-refractivity contribution in [1.29, 1.82) is 0 Å². The van der Waals surface area contributed by atoms with Crippen molar-refractivity contribution >= 4 is 17.3 Å². The number of aryl methyl sites for hydroxylation is 1. The van der Waals surface area contributed by atoms with Gasteiger partial charge in [0.05, 0.1) is 33.2 Å². The van der Waals surface area contributed by atoms with Crippen LogP contribution >= 0.6 is 12.2 Å². The molecule has 1 aliphatic rings. The van der Waals surface area contributed by atoms with Gasteiger partial charge in [-0.25, -0.2) is 0 Å². The van der Waals surface area contributed by atoms with E-state index in [1.807, 2.05) is 0 Å². The summed E-state index contributed by atoms with van der Waals surface area (Å²) in [4.78, 5) is 3.85. The molecule has 1 aliphatic heterocycles. The second-order valence-corrected chi connectivity index (χ2v) is 6.68. The first-order valence-electron chi connectivity index (χ1n) is 8.04. The molecule has 1 aromatic rings. The second-order valence-electron chi connectivity index (χ2n) is 6.29. The van der Waals surface area contributed by atoms with Crippen LogP contribution in [0.4, 0.5) is 0 Å². The minimum atomic E-state index is 0.416. The van der Waals surface area contributed by atoms with Crippen molar-refractivity contribution in [1.82, 2.24) is 14.8 Å². The summed E-state index contributed by atoms with van der Waals surface area (Å²) >= 11 is 5.68. The summed E-state index contributed by atoms with van der Waals surface area (Å²) in [7, 11) is 6.47. The Hall–Kier alpha value is -1.07. The first-order chi connectivity index (χ1) is 10.1. The van der Waals surface area contributed by atoms with E-state index in [0.29, 0.717) is 6.04 Å². The van der Waals surface area contributed by atoms with Crippen molar-refractivity contribution < 1.29 is 4.90 Å². The van der Waals surface area contributed by atoms with Crippen molar-refractivity contribution in [2.45, 2.75) is 31.7 Å². The third-order valence-corrected chi connectivity index (χ3v) is 4.62. The van der Waals surface area contributed by atoms with Gasteiger partial charge in [0.25, 0.3) is 0 Å². The lowest BCUT2D eigenvalue weighted by Crippen LogP contribution is -3.06. The Labute approximate surface area is 134 Å². The highest BCUT2D eigenvalue weighted by Gasteiger charge is 2.26. The first-order valence-corrected chi connectivity index (χ1v) is 8.45. The van der Waals surface area contributed by atoms with Gasteiger partial charge in [0.2, 0.25) is 0 Å². The summed E-state index contributed by atoms with van der Waals surface area (Å²) in [5.41, 5.74) is 1.37. The Balaban J connectivity index is 2.05. The molecule has 1 fully saturated rings. The molecule has 0 spiro atoms. The number of aromatic nitrogens is 1. The van der Waals surface area contributed by atoms with E-state index in [1.165, 1.54) is 36.3 Å². The molecule has 21 heavy (non-hydrogen) atoms. The van der Waals surface area contributed by atoms with Crippen LogP contribution in [0.15, 0.2) is 18.3 Å². The summed E-state index contributed by atoms with van der Waals surface area (Å²) in [6, 6.07) is 4.78. The third-order valence-electron chi connectivity index (χ3n) is 4.24. The van der Waals surface area contributed by atoms with Crippen LogP contribution in [0.25, 0.3) is 0 Å². The summed E-state index contributed by atoms with van der Waals surface area (Å²) in [5.74, 6) is 0. The molecule has 5 heteroatoms. The van der Waals surface area contributed by atoms with Gasteiger partial charge < -0.3 is 19.7 Å². The highest BCUT2D eigenvalue weighted by molar-refractivity contribution is 7.80. The minimum absolute atomic E-state index is 0.416. The maximum Gasteiger partial charge on any atom is 0.169 e. The van der Waals surface area contributed by atoms with Crippen molar-refractivity contribution in [2.75, 3.05) is 33.7 Å². The molecule has 2 heterocycles. The van der Waals surface area contributed by atoms with Gasteiger partial charge in [0, 0.05) is 25.5 Å². The van der Waals surface area contributed by atoms with Gasteiger partial charge in [-0.05, 0) is 37.2 Å². The molecule has 4 nitrogen and oxygen atoms in total. The highest BCUT2D eigenvalue weighted by atomic mass is 32.1. The van der Waals surface area contributed by atoms with E-state index in [4.69, 9.17) is 12.2 Å². The number of hydrogen-bond donors (Lipinski definition) is 2. The van der Waals surface area contributed by atoms with Crippen molar-refractivity contribution in [3.8, 4) is 0 Å². The molecule has 0 unspecified atom stereocenters. The van der Waals surface area contributed by atoms with Gasteiger partial charge in [-0.3, -0.25) is 0 Å². The lowest BCUT2D eigenvalue weighted by molar-refractivity contribution is -0.856. The summed E-state index contributed by atoms with van der Waals surface area (Å²) in [5, 5.41) is 4.37. The number of likely N-dealkylation sites (N-methyl/N-ethyl adjacent to an activating group) is 1. The zero-order valence-electron chi connectivity index (χ0n) is 13.6. The Morgan fingerprint density at radius 2 is 2.19 bits per heavy atom. The monoisotopic (exact) mass is 309 g/mol. The number of quaternary nitrogens is 1. The van der Waals surface area contributed by atoms with Crippen LogP contribution < -0.4 is 10.2 Å². The van der Waals surface area contributed by atoms with Gasteiger partial charge in [-0.2, -0.15) is 0 Å². The van der Waals surface area contributed by atoms with Crippen LogP contribution in [0.5, 0.6) is 0 Å². The van der Waals surface area contributed by atoms with Crippen LogP contribution in [0.3, 0.4) is 0 Å². The van der Waals surface area contributed by atoms with E-state index in [9.17, 15) is 0 Å². The molecule has 0 aliphatic carbocycles. The molecule has 2 N–H and O–H groups in total. The third kappa shape index (κ3) is 4.45. The molecular weight excluding hydrogens is 280 g/mol. The van der Waals surface area contributed by atoms with Crippen LogP contribution in [-0.4, -0.2) is 48.3 Å². The molecule has 0 saturated carbocycles. The average molecular weight is 310 g/mol. The summed E-state index contributed by atoms with van der Waals surface area (Å²) < 4.78 is 2.23. The van der Waals surface area contributed by atoms with E-state index >= 15 is 0 Å². The standard InChI is InChI=1S/C16H28N4S/c1-18(2)13-10-17-16(21)20-12-6-4-5-8-15(20)14-9-7-11-19(14)3/h7,9,11,15H,4-6,8,10,12-13H2,1-3H3,(H,17,21)/p+1/t15-/m0/s1. The topological polar surface area (TPSA) is 24.6 Å². The smallest absolute Gasteiger partial charge is 0.169 e. The van der Waals surface area contributed by atoms with E-state index in [-0.39, 0.29) is 0 Å². The number of rotatable bonds is 4. The molecule has 1 atom stereocenters. The summed E-state index contributed by atoms with van der Waals surface area (Å²) in [6.45, 7) is 3.09. The molecular formula is C16H29N4S+. The van der Waals surface area contributed by atoms with Gasteiger partial charge >= 0.3 is 0 Å². The van der Waals surface area contributed by atoms with Crippen molar-refractivity contribution in [3.05, 3.63) is 24.0 Å². The lowest BCUT2D eigenvalue weighted by Gasteiger charge is -2.33. The van der Waals surface area contributed by atoms with Gasteiger partial charge in [0.1, 0.15) is 0 Å². The van der Waals surface area contributed by atoms with Gasteiger partial charge in [0.15, 0.2) is 5.11 Å². The molecule has 0 radical (unpaired) electrons. The quantitative estimate of drug-likeness (QED) is 0.811. The zero-order valence-corrected chi connectivity index (χ0v) is 14.4. The number of hydrogen-bond acceptors (Lipinski definition) is 1. The van der Waals surface area contributed by atoms with E-state index in [2.05, 4.69) is 54.3 Å². The fraction of sp³-hybridized carbons (Fsp3) is 0.688. The Morgan fingerprint density at radius 1 is 1.38 bits per heavy atom. The second kappa shape index (κ2) is 7.80. The van der Waals surface area contributed by atoms with Crippen LogP contribution in [0.2, 0.25) is 0 Å². The Bertz CT molecular complexity index is 455. The molecule has 2 rings (SSSR count). The Morgan fingerprint density at radius 3 is 2.86 bits per heavy atom. The van der Waals surface area contributed by atoms with Crippen molar-refractivity contribution in [2.24, 2.45) is 7.05 Å². The van der Waals surface area contributed by atoms with E-state index in [1.54, 1.807) is 0 Å². The largest absolute Gasteiger partial charge is 0.357 e. The average Bonchev–Trinajstić information content (AvgIpc) is 2.72. The number of nitrogens with zero attached hydrogens (tertiary/aromatic N) is 2. The molecule has 0 aromatic carbocycles. The first kappa shape index (κ1) is 16.3. The molecule has 0 bridgehead atoms. The lowest BCUT2D eigenvalue weighted by atomic mass is 10.1. The maximum absolute atomic E-state index is 5.68. The van der Waals surface area contributed by atoms with Gasteiger partial charge in [-0.1, -0.05) is 12.8 Å². The fourth-order valence-corrected chi connectivity index (χ4v) is 3.32. The maximum atomic E-state index is 5.68. The molecule has 1 aromatic heterocycles. The van der Waals surface area contributed by atoms with E-state index < -0.39 is 0 Å². The molecule has 118 valence electrons. The van der Waals surface area contributed by atoms with Crippen LogP contribution in [0, 0.1) is 0 Å². The predicted molar refractivity (Wildman–Crippen MR) is 91.6 cm³/mol. The summed E-state index contributed by atoms with van der Waals surface area (Å²) in [6.07, 6.45) is 7.16. The predicted octanol–water partition coefficient (Wildman–Crippen LogP) is 0.961. The number of thiocarbonyl (C=S) groups is 1. The van der Waals surface area contributed by atoms with Crippen molar-refractivity contribution in [3.63, 3.8) is 0 Å².